The first kappa shape index (κ1) is 31.9. The average molecular weight is 571 g/mol. The first-order valence-electron chi connectivity index (χ1n) is 13.2. The third kappa shape index (κ3) is 4.81. The minimum absolute atomic E-state index is 0. The number of Topliss-reactive ketones (excluding diaryl/α,β-unsaturated/α-hetero) is 2. The van der Waals surface area contributed by atoms with Crippen molar-refractivity contribution in [2.75, 3.05) is 39.6 Å². The van der Waals surface area contributed by atoms with Crippen LogP contribution in [-0.2, 0) is 27.3 Å². The molecule has 1 aromatic carbocycles. The predicted molar refractivity (Wildman–Crippen MR) is 156 cm³/mol. The number of likely N-dealkylation sites (N-methyl/N-ethyl adjacent to an activating group) is 1. The second kappa shape index (κ2) is 11.3. The van der Waals surface area contributed by atoms with Crippen LogP contribution in [0.25, 0.3) is 5.76 Å². The van der Waals surface area contributed by atoms with Crippen molar-refractivity contribution in [2.45, 2.75) is 52.3 Å². The molecule has 0 heterocycles. The van der Waals surface area contributed by atoms with Crippen molar-refractivity contribution in [2.24, 2.45) is 17.6 Å². The number of nitrogens with one attached hydrogen (secondary N) is 1. The number of carbonyl (C=O) groups is 3. The molecule has 1 aromatic rings. The number of nitrogens with zero attached hydrogens (tertiary/aromatic N) is 2. The SMILES string of the molecule is C.C/C=C(\C)CNCc1cc(N(C)C)c2c(c1O)C(O)=C1C(=O)[C@]3(O)C(O)=C(C(N)=O)C(=O)[C@@H](N(C)C)[C@@H]3C[C@@H]1C2. The number of anilines is 1. The van der Waals surface area contributed by atoms with Gasteiger partial charge in [-0.25, -0.2) is 0 Å². The number of nitrogens with two attached hydrogens (primary N) is 1. The van der Waals surface area contributed by atoms with Gasteiger partial charge in [-0.2, -0.15) is 0 Å². The van der Waals surface area contributed by atoms with Crippen LogP contribution in [0.1, 0.15) is 44.4 Å². The fraction of sp³-hybridized carbons (Fsp3) is 0.500. The normalized spacial score (nSPS) is 26.0. The van der Waals surface area contributed by atoms with Gasteiger partial charge in [-0.05, 0) is 58.3 Å². The molecule has 0 saturated heterocycles. The fourth-order valence-corrected chi connectivity index (χ4v) is 6.38. The summed E-state index contributed by atoms with van der Waals surface area (Å²) in [6, 6.07) is 0.722. The highest BCUT2D eigenvalue weighted by molar-refractivity contribution is 6.24. The molecule has 4 atom stereocenters. The van der Waals surface area contributed by atoms with Crippen LogP contribution in [0.2, 0.25) is 0 Å². The topological polar surface area (TPSA) is 177 Å². The van der Waals surface area contributed by atoms with E-state index in [0.29, 0.717) is 17.7 Å². The second-order valence-corrected chi connectivity index (χ2v) is 11.4. The van der Waals surface area contributed by atoms with Crippen LogP contribution in [0, 0.1) is 11.8 Å². The highest BCUT2D eigenvalue weighted by atomic mass is 16.3. The molecule has 0 radical (unpaired) electrons. The molecule has 1 saturated carbocycles. The van der Waals surface area contributed by atoms with Crippen molar-refractivity contribution in [3.8, 4) is 5.75 Å². The molecule has 0 aromatic heterocycles. The Hall–Kier alpha value is -3.67. The zero-order valence-corrected chi connectivity index (χ0v) is 23.7. The summed E-state index contributed by atoms with van der Waals surface area (Å²) in [7, 11) is 6.82. The number of phenols is 1. The van der Waals surface area contributed by atoms with Crippen molar-refractivity contribution >= 4 is 28.9 Å². The lowest BCUT2D eigenvalue weighted by Crippen LogP contribution is -2.65. The largest absolute Gasteiger partial charge is 0.508 e. The van der Waals surface area contributed by atoms with Gasteiger partial charge in [0.15, 0.2) is 11.4 Å². The number of aromatic hydroxyl groups is 1. The molecule has 11 heteroatoms. The van der Waals surface area contributed by atoms with Gasteiger partial charge in [-0.1, -0.05) is 19.1 Å². The zero-order valence-electron chi connectivity index (χ0n) is 23.7. The molecule has 0 aliphatic heterocycles. The summed E-state index contributed by atoms with van der Waals surface area (Å²) >= 11 is 0. The third-order valence-electron chi connectivity index (χ3n) is 8.47. The Morgan fingerprint density at radius 1 is 1.20 bits per heavy atom. The van der Waals surface area contributed by atoms with E-state index < -0.39 is 58.0 Å². The summed E-state index contributed by atoms with van der Waals surface area (Å²) in [4.78, 5) is 42.7. The van der Waals surface area contributed by atoms with Crippen LogP contribution in [0.15, 0.2) is 34.6 Å². The Bertz CT molecular complexity index is 1390. The number of rotatable bonds is 7. The molecule has 41 heavy (non-hydrogen) atoms. The average Bonchev–Trinajstić information content (AvgIpc) is 2.86. The summed E-state index contributed by atoms with van der Waals surface area (Å²) in [5.41, 5.74) is 4.80. The van der Waals surface area contributed by atoms with Crippen LogP contribution >= 0.6 is 0 Å². The van der Waals surface area contributed by atoms with Crippen molar-refractivity contribution < 1.29 is 34.8 Å². The minimum Gasteiger partial charge on any atom is -0.508 e. The summed E-state index contributed by atoms with van der Waals surface area (Å²) < 4.78 is 0. The number of allylic oxidation sites excluding steroid dienone is 1. The highest BCUT2D eigenvalue weighted by Crippen LogP contribution is 2.54. The first-order valence-corrected chi connectivity index (χ1v) is 13.2. The van der Waals surface area contributed by atoms with E-state index in [0.717, 1.165) is 11.3 Å². The van der Waals surface area contributed by atoms with E-state index in [1.54, 1.807) is 14.1 Å². The molecule has 224 valence electrons. The molecule has 3 aliphatic carbocycles. The minimum atomic E-state index is -2.66. The van der Waals surface area contributed by atoms with Gasteiger partial charge >= 0.3 is 0 Å². The lowest BCUT2D eigenvalue weighted by molar-refractivity contribution is -0.153. The standard InChI is InChI=1S/C29H38N4O7.CH4/c1-7-13(2)11-31-12-15-10-18(32(3)4)16-8-14-9-17-22(33(5)6)25(36)21(28(30)39)27(38)29(17,40)26(37)19(14)24(35)20(16)23(15)34;/h7,10,14,17,22,31,34-35,38,40H,8-9,11-12H2,1-6H3,(H2,30,39);1H4/b13-7+;/t14-,17-,22-,29-;/m0./s1. The number of ketones is 2. The maximum atomic E-state index is 14.0. The van der Waals surface area contributed by atoms with E-state index in [2.05, 4.69) is 5.32 Å². The van der Waals surface area contributed by atoms with Gasteiger partial charge < -0.3 is 36.4 Å². The molecule has 1 amide bonds. The number of amides is 1. The van der Waals surface area contributed by atoms with E-state index in [4.69, 9.17) is 5.73 Å². The number of carbonyl (C=O) groups excluding carboxylic acids is 3. The monoisotopic (exact) mass is 570 g/mol. The van der Waals surface area contributed by atoms with Crippen LogP contribution < -0.4 is 16.0 Å². The fourth-order valence-electron chi connectivity index (χ4n) is 6.38. The Morgan fingerprint density at radius 3 is 2.37 bits per heavy atom. The number of hydrogen-bond acceptors (Lipinski definition) is 10. The van der Waals surface area contributed by atoms with Gasteiger partial charge in [0.2, 0.25) is 5.78 Å². The van der Waals surface area contributed by atoms with Gasteiger partial charge in [0.1, 0.15) is 22.8 Å². The highest BCUT2D eigenvalue weighted by Gasteiger charge is 2.64. The van der Waals surface area contributed by atoms with E-state index in [1.807, 2.05) is 45.0 Å². The summed E-state index contributed by atoms with van der Waals surface area (Å²) in [5, 5.41) is 48.9. The van der Waals surface area contributed by atoms with Gasteiger partial charge in [0.05, 0.1) is 11.6 Å². The molecule has 11 nitrogen and oxygen atoms in total. The number of aliphatic hydroxyl groups is 3. The van der Waals surface area contributed by atoms with E-state index in [-0.39, 0.29) is 43.7 Å². The van der Waals surface area contributed by atoms with Gasteiger partial charge in [0, 0.05) is 49.9 Å². The molecule has 0 spiro atoms. The molecule has 0 unspecified atom stereocenters. The molecule has 3 aliphatic rings. The summed E-state index contributed by atoms with van der Waals surface area (Å²) in [6.07, 6.45) is 2.26. The van der Waals surface area contributed by atoms with E-state index in [9.17, 15) is 34.8 Å². The number of hydrogen-bond donors (Lipinski definition) is 6. The number of fused-ring (bicyclic) bond motifs is 3. The number of primary amides is 1. The van der Waals surface area contributed by atoms with Gasteiger partial charge in [0.25, 0.3) is 5.91 Å². The Kier molecular flexibility index (Phi) is 8.78. The Labute approximate surface area is 240 Å². The molecule has 0 bridgehead atoms. The first-order chi connectivity index (χ1) is 18.7. The Morgan fingerprint density at radius 2 is 1.83 bits per heavy atom. The van der Waals surface area contributed by atoms with Crippen molar-refractivity contribution in [1.29, 1.82) is 0 Å². The number of phenolic OH excluding ortho intramolecular Hbond substituents is 1. The quantitative estimate of drug-likeness (QED) is 0.209. The smallest absolute Gasteiger partial charge is 0.255 e. The van der Waals surface area contributed by atoms with E-state index >= 15 is 0 Å². The van der Waals surface area contributed by atoms with Gasteiger partial charge in [-0.15, -0.1) is 0 Å². The van der Waals surface area contributed by atoms with Crippen LogP contribution in [0.5, 0.6) is 5.75 Å². The van der Waals surface area contributed by atoms with E-state index in [1.165, 1.54) is 4.90 Å². The lowest BCUT2D eigenvalue weighted by atomic mass is 9.57. The molecule has 4 rings (SSSR count). The third-order valence-corrected chi connectivity index (χ3v) is 8.47. The maximum absolute atomic E-state index is 14.0. The van der Waals surface area contributed by atoms with Crippen LogP contribution in [-0.4, -0.2) is 89.2 Å². The molecule has 1 fully saturated rings. The maximum Gasteiger partial charge on any atom is 0.255 e. The van der Waals surface area contributed by atoms with Gasteiger partial charge in [-0.3, -0.25) is 19.3 Å². The number of aliphatic hydroxyl groups excluding tert-OH is 2. The van der Waals surface area contributed by atoms with Crippen molar-refractivity contribution in [3.05, 3.63) is 51.3 Å². The molecular formula is C30H42N4O7. The predicted octanol–water partition coefficient (Wildman–Crippen LogP) is 1.72. The van der Waals surface area contributed by atoms with Crippen molar-refractivity contribution in [3.63, 3.8) is 0 Å². The lowest BCUT2D eigenvalue weighted by Gasteiger charge is -2.50. The number of benzene rings is 1. The van der Waals surface area contributed by atoms with Crippen LogP contribution in [0.4, 0.5) is 5.69 Å². The Balaban J connectivity index is 0.00000462. The molecular weight excluding hydrogens is 528 g/mol. The zero-order chi connectivity index (χ0) is 29.8. The second-order valence-electron chi connectivity index (χ2n) is 11.4. The summed E-state index contributed by atoms with van der Waals surface area (Å²) in [6.45, 7) is 4.78. The summed E-state index contributed by atoms with van der Waals surface area (Å²) in [5.74, 6) is -6.58. The van der Waals surface area contributed by atoms with Crippen molar-refractivity contribution in [1.82, 2.24) is 10.2 Å². The van der Waals surface area contributed by atoms with Crippen LogP contribution in [0.3, 0.4) is 0 Å². The molecule has 7 N–H and O–H groups in total.